The van der Waals surface area contributed by atoms with Crippen LogP contribution >= 0.6 is 22.9 Å². The van der Waals surface area contributed by atoms with Crippen molar-refractivity contribution in [2.24, 2.45) is 17.6 Å². The van der Waals surface area contributed by atoms with Crippen LogP contribution in [-0.4, -0.2) is 25.0 Å². The normalized spacial score (nSPS) is 13.7. The Morgan fingerprint density at radius 2 is 2.12 bits per heavy atom. The van der Waals surface area contributed by atoms with E-state index in [9.17, 15) is 0 Å². The number of halogens is 1. The van der Waals surface area contributed by atoms with Crippen LogP contribution in [0, 0.1) is 11.8 Å². The van der Waals surface area contributed by atoms with Gasteiger partial charge in [0.1, 0.15) is 0 Å². The van der Waals surface area contributed by atoms with E-state index in [1.807, 2.05) is 6.07 Å². The SMILES string of the molecule is CC(C)C(CN)CN(C)Cc1ccc(Cl)s1. The van der Waals surface area contributed by atoms with Crippen LogP contribution in [-0.2, 0) is 6.54 Å². The van der Waals surface area contributed by atoms with E-state index in [4.69, 9.17) is 17.3 Å². The molecular formula is C12H21ClN2S. The standard InChI is InChI=1S/C12H21ClN2S/c1-9(2)10(6-14)7-15(3)8-11-4-5-12(13)16-11/h4-5,9-10H,6-8,14H2,1-3H3. The van der Waals surface area contributed by atoms with E-state index in [2.05, 4.69) is 31.9 Å². The van der Waals surface area contributed by atoms with Crippen LogP contribution in [0.4, 0.5) is 0 Å². The lowest BCUT2D eigenvalue weighted by Crippen LogP contribution is -2.32. The highest BCUT2D eigenvalue weighted by molar-refractivity contribution is 7.16. The van der Waals surface area contributed by atoms with Crippen molar-refractivity contribution in [1.29, 1.82) is 0 Å². The smallest absolute Gasteiger partial charge is 0.0931 e. The van der Waals surface area contributed by atoms with Crippen LogP contribution in [0.1, 0.15) is 18.7 Å². The van der Waals surface area contributed by atoms with Crippen molar-refractivity contribution < 1.29 is 0 Å². The first-order valence-corrected chi connectivity index (χ1v) is 6.85. The van der Waals surface area contributed by atoms with Gasteiger partial charge in [-0.1, -0.05) is 25.4 Å². The summed E-state index contributed by atoms with van der Waals surface area (Å²) in [6.07, 6.45) is 0. The Bertz CT molecular complexity index is 312. The van der Waals surface area contributed by atoms with Gasteiger partial charge in [0.15, 0.2) is 0 Å². The third-order valence-corrected chi connectivity index (χ3v) is 4.06. The predicted molar refractivity (Wildman–Crippen MR) is 73.0 cm³/mol. The van der Waals surface area contributed by atoms with Crippen LogP contribution < -0.4 is 5.73 Å². The molecule has 0 radical (unpaired) electrons. The maximum absolute atomic E-state index is 5.91. The lowest BCUT2D eigenvalue weighted by molar-refractivity contribution is 0.236. The van der Waals surface area contributed by atoms with Crippen molar-refractivity contribution in [3.05, 3.63) is 21.3 Å². The zero-order chi connectivity index (χ0) is 12.1. The summed E-state index contributed by atoms with van der Waals surface area (Å²) in [4.78, 5) is 3.63. The molecule has 0 aliphatic rings. The summed E-state index contributed by atoms with van der Waals surface area (Å²) in [5.74, 6) is 1.21. The summed E-state index contributed by atoms with van der Waals surface area (Å²) < 4.78 is 0.864. The minimum Gasteiger partial charge on any atom is -0.330 e. The summed E-state index contributed by atoms with van der Waals surface area (Å²) in [5.41, 5.74) is 5.77. The van der Waals surface area contributed by atoms with E-state index in [1.165, 1.54) is 4.88 Å². The number of thiophene rings is 1. The molecule has 1 aromatic rings. The molecule has 1 heterocycles. The fraction of sp³-hybridized carbons (Fsp3) is 0.667. The number of nitrogens with zero attached hydrogens (tertiary/aromatic N) is 1. The molecule has 0 aromatic carbocycles. The molecule has 0 saturated carbocycles. The molecule has 0 bridgehead atoms. The molecule has 0 amide bonds. The van der Waals surface area contributed by atoms with E-state index in [1.54, 1.807) is 11.3 Å². The zero-order valence-electron chi connectivity index (χ0n) is 10.2. The topological polar surface area (TPSA) is 29.3 Å². The van der Waals surface area contributed by atoms with Crippen molar-refractivity contribution in [3.63, 3.8) is 0 Å². The molecule has 92 valence electrons. The highest BCUT2D eigenvalue weighted by atomic mass is 35.5. The molecular weight excluding hydrogens is 240 g/mol. The van der Waals surface area contributed by atoms with Gasteiger partial charge >= 0.3 is 0 Å². The monoisotopic (exact) mass is 260 g/mol. The van der Waals surface area contributed by atoms with Gasteiger partial charge in [-0.05, 0) is 37.6 Å². The Hall–Kier alpha value is -0.0900. The summed E-state index contributed by atoms with van der Waals surface area (Å²) in [5, 5.41) is 0. The fourth-order valence-electron chi connectivity index (χ4n) is 1.73. The Labute approximate surface area is 107 Å². The first-order chi connectivity index (χ1) is 7.52. The Morgan fingerprint density at radius 3 is 2.56 bits per heavy atom. The average molecular weight is 261 g/mol. The van der Waals surface area contributed by atoms with Crippen molar-refractivity contribution in [2.75, 3.05) is 20.1 Å². The van der Waals surface area contributed by atoms with Gasteiger partial charge in [0.2, 0.25) is 0 Å². The maximum Gasteiger partial charge on any atom is 0.0931 e. The summed E-state index contributed by atoms with van der Waals surface area (Å²) in [6, 6.07) is 4.05. The van der Waals surface area contributed by atoms with Gasteiger partial charge in [-0.15, -0.1) is 11.3 Å². The van der Waals surface area contributed by atoms with Crippen molar-refractivity contribution in [2.45, 2.75) is 20.4 Å². The Morgan fingerprint density at radius 1 is 1.44 bits per heavy atom. The molecule has 1 atom stereocenters. The van der Waals surface area contributed by atoms with E-state index >= 15 is 0 Å². The van der Waals surface area contributed by atoms with Crippen molar-refractivity contribution in [3.8, 4) is 0 Å². The number of hydrogen-bond donors (Lipinski definition) is 1. The largest absolute Gasteiger partial charge is 0.330 e. The number of hydrogen-bond acceptors (Lipinski definition) is 3. The van der Waals surface area contributed by atoms with E-state index < -0.39 is 0 Å². The van der Waals surface area contributed by atoms with Gasteiger partial charge in [0.25, 0.3) is 0 Å². The minimum atomic E-state index is 0.570. The molecule has 4 heteroatoms. The van der Waals surface area contributed by atoms with Gasteiger partial charge in [-0.25, -0.2) is 0 Å². The van der Waals surface area contributed by atoms with Crippen molar-refractivity contribution >= 4 is 22.9 Å². The second kappa shape index (κ2) is 6.60. The highest BCUT2D eigenvalue weighted by Gasteiger charge is 2.14. The van der Waals surface area contributed by atoms with Gasteiger partial charge in [0.05, 0.1) is 4.34 Å². The third kappa shape index (κ3) is 4.42. The molecule has 1 rings (SSSR count). The quantitative estimate of drug-likeness (QED) is 0.852. The Balaban J connectivity index is 2.43. The van der Waals surface area contributed by atoms with Crippen molar-refractivity contribution in [1.82, 2.24) is 4.90 Å². The van der Waals surface area contributed by atoms with Crippen LogP contribution in [0.2, 0.25) is 4.34 Å². The molecule has 2 N–H and O–H groups in total. The Kier molecular flexibility index (Phi) is 5.76. The molecule has 16 heavy (non-hydrogen) atoms. The van der Waals surface area contributed by atoms with Gasteiger partial charge in [0, 0.05) is 18.0 Å². The fourth-order valence-corrected chi connectivity index (χ4v) is 2.89. The lowest BCUT2D eigenvalue weighted by atomic mass is 9.95. The van der Waals surface area contributed by atoms with Crippen LogP contribution in [0.15, 0.2) is 12.1 Å². The van der Waals surface area contributed by atoms with E-state index in [0.717, 1.165) is 24.0 Å². The first kappa shape index (κ1) is 14.0. The van der Waals surface area contributed by atoms with Gasteiger partial charge < -0.3 is 10.6 Å². The average Bonchev–Trinajstić information content (AvgIpc) is 2.60. The van der Waals surface area contributed by atoms with Gasteiger partial charge in [-0.3, -0.25) is 0 Å². The summed E-state index contributed by atoms with van der Waals surface area (Å²) >= 11 is 7.56. The predicted octanol–water partition coefficient (Wildman–Crippen LogP) is 3.06. The molecule has 0 spiro atoms. The summed E-state index contributed by atoms with van der Waals surface area (Å²) in [6.45, 7) is 7.22. The molecule has 2 nitrogen and oxygen atoms in total. The second-order valence-electron chi connectivity index (χ2n) is 4.64. The minimum absolute atomic E-state index is 0.570. The molecule has 0 saturated heterocycles. The van der Waals surface area contributed by atoms with E-state index in [0.29, 0.717) is 11.8 Å². The number of nitrogens with two attached hydrogens (primary N) is 1. The zero-order valence-corrected chi connectivity index (χ0v) is 11.8. The first-order valence-electron chi connectivity index (χ1n) is 5.65. The summed E-state index contributed by atoms with van der Waals surface area (Å²) in [7, 11) is 2.14. The molecule has 0 aliphatic carbocycles. The molecule has 0 fully saturated rings. The number of rotatable bonds is 6. The third-order valence-electron chi connectivity index (χ3n) is 2.85. The van der Waals surface area contributed by atoms with Crippen LogP contribution in [0.25, 0.3) is 0 Å². The molecule has 0 aliphatic heterocycles. The van der Waals surface area contributed by atoms with E-state index in [-0.39, 0.29) is 0 Å². The lowest BCUT2D eigenvalue weighted by Gasteiger charge is -2.25. The van der Waals surface area contributed by atoms with Gasteiger partial charge in [-0.2, -0.15) is 0 Å². The second-order valence-corrected chi connectivity index (χ2v) is 6.44. The molecule has 1 unspecified atom stereocenters. The van der Waals surface area contributed by atoms with Crippen LogP contribution in [0.5, 0.6) is 0 Å². The van der Waals surface area contributed by atoms with Crippen LogP contribution in [0.3, 0.4) is 0 Å². The molecule has 1 aromatic heterocycles. The maximum atomic E-state index is 5.91. The highest BCUT2D eigenvalue weighted by Crippen LogP contribution is 2.23.